The fraction of sp³-hybridized carbons (Fsp3) is 0.515. The number of nitrogens with one attached hydrogen (secondary N) is 3. The zero-order valence-electron chi connectivity index (χ0n) is 23.9. The molecular formula is C33H38FN7. The maximum atomic E-state index is 16.1. The van der Waals surface area contributed by atoms with E-state index in [9.17, 15) is 5.26 Å². The molecular weight excluding hydrogens is 513 g/mol. The van der Waals surface area contributed by atoms with Crippen LogP contribution in [0.15, 0.2) is 53.2 Å². The molecule has 2 aromatic heterocycles. The first kappa shape index (κ1) is 26.3. The number of rotatable bonds is 5. The minimum Gasteiger partial charge on any atom is -0.322 e. The Kier molecular flexibility index (Phi) is 6.86. The first-order valence-corrected chi connectivity index (χ1v) is 15.3. The molecule has 0 aromatic carbocycles. The summed E-state index contributed by atoms with van der Waals surface area (Å²) < 4.78 is 16.1. The van der Waals surface area contributed by atoms with E-state index in [1.165, 1.54) is 36.7 Å². The van der Waals surface area contributed by atoms with Crippen molar-refractivity contribution in [1.29, 1.82) is 5.26 Å². The number of hydrogen-bond donors (Lipinski definition) is 3. The van der Waals surface area contributed by atoms with Crippen LogP contribution in [0.5, 0.6) is 0 Å². The molecule has 0 bridgehead atoms. The second-order valence-electron chi connectivity index (χ2n) is 12.7. The molecule has 7 nitrogen and oxygen atoms in total. The summed E-state index contributed by atoms with van der Waals surface area (Å²) in [4.78, 5) is 9.00. The number of aromatic nitrogens is 4. The highest BCUT2D eigenvalue weighted by Gasteiger charge is 2.48. The van der Waals surface area contributed by atoms with Crippen molar-refractivity contribution in [2.24, 2.45) is 17.8 Å². The number of hydrogen-bond acceptors (Lipinski definition) is 6. The smallest absolute Gasteiger partial charge is 0.153 e. The fourth-order valence-corrected chi connectivity index (χ4v) is 7.46. The number of fused-ring (bicyclic) bond motifs is 3. The van der Waals surface area contributed by atoms with Gasteiger partial charge in [0.25, 0.3) is 0 Å². The SMILES string of the molecule is CC1=CC2=C(F)C(C3CCC3c3ncnc(Nc4cc(C5=CCCCC(C)CC5)[nH]n4)c3C#N)=CCC2C2NC2C1. The van der Waals surface area contributed by atoms with Crippen LogP contribution in [0.2, 0.25) is 0 Å². The van der Waals surface area contributed by atoms with Crippen molar-refractivity contribution < 1.29 is 4.39 Å². The van der Waals surface area contributed by atoms with Crippen LogP contribution in [0.25, 0.3) is 5.57 Å². The molecule has 41 heavy (non-hydrogen) atoms. The lowest BCUT2D eigenvalue weighted by Crippen LogP contribution is -2.30. The number of H-pyrrole nitrogens is 1. The van der Waals surface area contributed by atoms with E-state index in [0.717, 1.165) is 61.3 Å². The predicted molar refractivity (Wildman–Crippen MR) is 158 cm³/mol. The quantitative estimate of drug-likeness (QED) is 0.340. The van der Waals surface area contributed by atoms with Crippen LogP contribution in [-0.4, -0.2) is 32.2 Å². The zero-order valence-corrected chi connectivity index (χ0v) is 23.9. The highest BCUT2D eigenvalue weighted by Crippen LogP contribution is 2.53. The average molecular weight is 552 g/mol. The Hall–Kier alpha value is -3.57. The minimum absolute atomic E-state index is 0.0122. The van der Waals surface area contributed by atoms with Crippen molar-refractivity contribution in [3.63, 3.8) is 0 Å². The first-order valence-electron chi connectivity index (χ1n) is 15.3. The zero-order chi connectivity index (χ0) is 28.1. The highest BCUT2D eigenvalue weighted by atomic mass is 19.1. The van der Waals surface area contributed by atoms with Crippen molar-refractivity contribution in [3.8, 4) is 6.07 Å². The van der Waals surface area contributed by atoms with Crippen molar-refractivity contribution in [1.82, 2.24) is 25.5 Å². The molecule has 2 fully saturated rings. The highest BCUT2D eigenvalue weighted by molar-refractivity contribution is 5.68. The van der Waals surface area contributed by atoms with Gasteiger partial charge in [-0.05, 0) is 86.8 Å². The van der Waals surface area contributed by atoms with Gasteiger partial charge in [-0.1, -0.05) is 37.1 Å². The lowest BCUT2D eigenvalue weighted by atomic mass is 9.65. The molecule has 6 atom stereocenters. The van der Waals surface area contributed by atoms with E-state index in [4.69, 9.17) is 0 Å². The largest absolute Gasteiger partial charge is 0.322 e. The Bertz CT molecular complexity index is 1520. The number of nitrogens with zero attached hydrogens (tertiary/aromatic N) is 4. The number of halogens is 1. The lowest BCUT2D eigenvalue weighted by Gasteiger charge is -2.40. The Labute approximate surface area is 241 Å². The van der Waals surface area contributed by atoms with E-state index >= 15 is 4.39 Å². The van der Waals surface area contributed by atoms with Gasteiger partial charge in [-0.2, -0.15) is 10.4 Å². The van der Waals surface area contributed by atoms with Crippen molar-refractivity contribution in [2.45, 2.75) is 89.6 Å². The Morgan fingerprint density at radius 1 is 1.10 bits per heavy atom. The standard InChI is InChI=1S/C33H38FN7/c1-18-5-3-4-6-20(8-7-18)27-15-29(41-40-27)39-33-26(16-35)31(36-17-37-33)23-11-9-21(23)22-10-12-24-25(30(22)34)13-19(2)14-28-32(24)38-28/h6,10,13,15,17-18,21,23-24,28,32,38H,3-5,7-9,11-12,14H2,1-2H3,(H2,36,37,39,40,41). The lowest BCUT2D eigenvalue weighted by molar-refractivity contribution is 0.285. The van der Waals surface area contributed by atoms with Crippen LogP contribution in [0, 0.1) is 29.1 Å². The maximum absolute atomic E-state index is 16.1. The van der Waals surface area contributed by atoms with Gasteiger partial charge in [-0.15, -0.1) is 0 Å². The third-order valence-corrected chi connectivity index (χ3v) is 9.99. The molecule has 7 rings (SSSR count). The van der Waals surface area contributed by atoms with Crippen LogP contribution in [0.4, 0.5) is 16.0 Å². The molecule has 5 aliphatic rings. The molecule has 1 saturated carbocycles. The summed E-state index contributed by atoms with van der Waals surface area (Å²) in [6.45, 7) is 4.43. The van der Waals surface area contributed by atoms with E-state index in [0.29, 0.717) is 35.0 Å². The van der Waals surface area contributed by atoms with Crippen LogP contribution in [0.3, 0.4) is 0 Å². The Morgan fingerprint density at radius 3 is 2.80 bits per heavy atom. The molecule has 0 radical (unpaired) electrons. The first-order chi connectivity index (χ1) is 20.0. The van der Waals surface area contributed by atoms with Gasteiger partial charge in [0.1, 0.15) is 23.8 Å². The molecule has 0 spiro atoms. The van der Waals surface area contributed by atoms with Crippen molar-refractivity contribution >= 4 is 17.2 Å². The summed E-state index contributed by atoms with van der Waals surface area (Å²) in [6, 6.07) is 5.22. The van der Waals surface area contributed by atoms with Crippen molar-refractivity contribution in [2.75, 3.05) is 5.32 Å². The second kappa shape index (κ2) is 10.7. The molecule has 0 amide bonds. The second-order valence-corrected chi connectivity index (χ2v) is 12.7. The maximum Gasteiger partial charge on any atom is 0.153 e. The van der Waals surface area contributed by atoms with Gasteiger partial charge < -0.3 is 10.6 Å². The summed E-state index contributed by atoms with van der Waals surface area (Å²) in [5.74, 6) is 1.97. The van der Waals surface area contributed by atoms with Crippen molar-refractivity contribution in [3.05, 3.63) is 70.1 Å². The van der Waals surface area contributed by atoms with Gasteiger partial charge in [0.15, 0.2) is 11.6 Å². The summed E-state index contributed by atoms with van der Waals surface area (Å²) in [5.41, 5.74) is 6.32. The molecule has 1 saturated heterocycles. The number of anilines is 2. The Balaban J connectivity index is 1.12. The van der Waals surface area contributed by atoms with E-state index < -0.39 is 0 Å². The summed E-state index contributed by atoms with van der Waals surface area (Å²) in [5, 5.41) is 24.7. The number of nitriles is 1. The van der Waals surface area contributed by atoms with Gasteiger partial charge in [-0.3, -0.25) is 5.10 Å². The van der Waals surface area contributed by atoms with Gasteiger partial charge in [0.05, 0.1) is 11.4 Å². The van der Waals surface area contributed by atoms with Crippen LogP contribution in [0.1, 0.15) is 94.5 Å². The van der Waals surface area contributed by atoms with Gasteiger partial charge in [-0.25, -0.2) is 14.4 Å². The molecule has 8 heteroatoms. The van der Waals surface area contributed by atoms with Crippen LogP contribution < -0.4 is 10.6 Å². The minimum atomic E-state index is -0.0578. The molecule has 1 aliphatic heterocycles. The number of allylic oxidation sites excluding steroid dienone is 6. The third kappa shape index (κ3) is 4.95. The monoisotopic (exact) mass is 551 g/mol. The summed E-state index contributed by atoms with van der Waals surface area (Å²) >= 11 is 0. The van der Waals surface area contributed by atoms with E-state index in [1.54, 1.807) is 0 Å². The van der Waals surface area contributed by atoms with Crippen LogP contribution in [-0.2, 0) is 0 Å². The molecule has 2 aromatic rings. The van der Waals surface area contributed by atoms with Gasteiger partial charge in [0, 0.05) is 30.0 Å². The Morgan fingerprint density at radius 2 is 1.98 bits per heavy atom. The van der Waals surface area contributed by atoms with Gasteiger partial charge >= 0.3 is 0 Å². The normalized spacial score (nSPS) is 31.1. The average Bonchev–Trinajstić information content (AvgIpc) is 3.56. The van der Waals surface area contributed by atoms with Crippen LogP contribution >= 0.6 is 0 Å². The molecule has 3 N–H and O–H groups in total. The summed E-state index contributed by atoms with van der Waals surface area (Å²) in [6.07, 6.45) is 17.5. The van der Waals surface area contributed by atoms with Gasteiger partial charge in [0.2, 0.25) is 0 Å². The van der Waals surface area contributed by atoms with E-state index in [-0.39, 0.29) is 23.6 Å². The topological polar surface area (TPSA) is 112 Å². The molecule has 212 valence electrons. The van der Waals surface area contributed by atoms with E-state index in [1.807, 2.05) is 6.07 Å². The third-order valence-electron chi connectivity index (χ3n) is 9.99. The fourth-order valence-electron chi connectivity index (χ4n) is 7.46. The summed E-state index contributed by atoms with van der Waals surface area (Å²) in [7, 11) is 0. The predicted octanol–water partition coefficient (Wildman–Crippen LogP) is 7.15. The molecule has 3 heterocycles. The molecule has 6 unspecified atom stereocenters. The number of aromatic amines is 1. The molecule has 4 aliphatic carbocycles. The van der Waals surface area contributed by atoms with E-state index in [2.05, 4.69) is 68.9 Å².